The molecule has 1 rings (SSSR count). The highest BCUT2D eigenvalue weighted by Gasteiger charge is 2.78. The molecular formula is C11H14F7I2N2O3P. The maximum absolute atomic E-state index is 13.8. The summed E-state index contributed by atoms with van der Waals surface area (Å²) in [6, 6.07) is 0. The average Bonchev–Trinajstić information content (AvgIpc) is 2.53. The zero-order valence-electron chi connectivity index (χ0n) is 12.9. The van der Waals surface area contributed by atoms with E-state index >= 15 is 0 Å². The second-order valence-electron chi connectivity index (χ2n) is 5.08. The van der Waals surface area contributed by atoms with Crippen LogP contribution in [-0.2, 0) is 9.32 Å². The van der Waals surface area contributed by atoms with Gasteiger partial charge in [-0.1, -0.05) is 45.2 Å². The van der Waals surface area contributed by atoms with Gasteiger partial charge in [0.2, 0.25) is 0 Å². The quantitative estimate of drug-likeness (QED) is 0.186. The van der Waals surface area contributed by atoms with Gasteiger partial charge in [-0.2, -0.15) is 39.9 Å². The summed E-state index contributed by atoms with van der Waals surface area (Å²) in [5.74, 6) is -15.6. The number of nitrogens with zero attached hydrogens (tertiary/aromatic N) is 2. The number of carbonyl (C=O) groups excluding carboxylic acids is 1. The predicted octanol–water partition coefficient (Wildman–Crippen LogP) is 3.28. The predicted molar refractivity (Wildman–Crippen MR) is 94.5 cm³/mol. The van der Waals surface area contributed by atoms with Crippen LogP contribution in [0.1, 0.15) is 6.42 Å². The minimum absolute atomic E-state index is 0.00581. The summed E-state index contributed by atoms with van der Waals surface area (Å²) in [5.41, 5.74) is 0. The molecule has 0 aromatic rings. The van der Waals surface area contributed by atoms with Crippen molar-refractivity contribution >= 4 is 59.1 Å². The highest BCUT2D eigenvalue weighted by molar-refractivity contribution is 14.1. The average molecular weight is 640 g/mol. The monoisotopic (exact) mass is 640 g/mol. The lowest BCUT2D eigenvalue weighted by molar-refractivity contribution is -0.346. The molecule has 0 aromatic heterocycles. The third-order valence-corrected chi connectivity index (χ3v) is 6.97. The van der Waals surface area contributed by atoms with E-state index in [1.54, 1.807) is 0 Å². The molecule has 0 bridgehead atoms. The van der Waals surface area contributed by atoms with Crippen molar-refractivity contribution in [3.05, 3.63) is 0 Å². The molecule has 5 nitrogen and oxygen atoms in total. The van der Waals surface area contributed by atoms with E-state index < -0.39 is 38.5 Å². The Hall–Kier alpha value is 0.750. The van der Waals surface area contributed by atoms with E-state index in [1.807, 2.05) is 45.2 Å². The number of hydrogen-bond donors (Lipinski definition) is 0. The molecular weight excluding hydrogens is 626 g/mol. The third kappa shape index (κ3) is 4.66. The molecule has 15 heteroatoms. The van der Waals surface area contributed by atoms with E-state index in [0.29, 0.717) is 8.86 Å². The van der Waals surface area contributed by atoms with Crippen molar-refractivity contribution in [2.75, 3.05) is 35.1 Å². The SMILES string of the molecule is O=C(N1CCCO[P+]1([O-])N(CCI)CCI)C(F)(F)C(F)(F)C(F)(F)F. The Bertz CT molecular complexity index is 509. The number of alkyl halides is 9. The molecule has 1 atom stereocenters. The van der Waals surface area contributed by atoms with E-state index in [-0.39, 0.29) is 30.8 Å². The van der Waals surface area contributed by atoms with E-state index in [4.69, 9.17) is 4.52 Å². The van der Waals surface area contributed by atoms with Crippen molar-refractivity contribution in [2.24, 2.45) is 0 Å². The molecule has 0 N–H and O–H groups in total. The summed E-state index contributed by atoms with van der Waals surface area (Å²) < 4.78 is 97.5. The molecule has 1 amide bonds. The summed E-state index contributed by atoms with van der Waals surface area (Å²) in [6.45, 7) is -0.877. The summed E-state index contributed by atoms with van der Waals surface area (Å²) in [7, 11) is -4.51. The van der Waals surface area contributed by atoms with Crippen LogP contribution in [0.25, 0.3) is 0 Å². The van der Waals surface area contributed by atoms with Crippen LogP contribution in [0.15, 0.2) is 0 Å². The molecule has 154 valence electrons. The molecule has 1 unspecified atom stereocenters. The van der Waals surface area contributed by atoms with Crippen LogP contribution in [0.3, 0.4) is 0 Å². The summed E-state index contributed by atoms with van der Waals surface area (Å²) >= 11 is 3.74. The first-order chi connectivity index (χ1) is 11.8. The molecule has 1 aliphatic rings. The molecule has 26 heavy (non-hydrogen) atoms. The van der Waals surface area contributed by atoms with Crippen LogP contribution < -0.4 is 4.89 Å². The maximum atomic E-state index is 13.8. The molecule has 1 aliphatic heterocycles. The van der Waals surface area contributed by atoms with Crippen molar-refractivity contribution in [2.45, 2.75) is 24.4 Å². The van der Waals surface area contributed by atoms with Crippen molar-refractivity contribution in [1.82, 2.24) is 9.34 Å². The second kappa shape index (κ2) is 9.05. The van der Waals surface area contributed by atoms with Gasteiger partial charge in [-0.25, -0.2) is 0 Å². The fraction of sp³-hybridized carbons (Fsp3) is 0.909. The largest absolute Gasteiger partial charge is 0.621 e. The number of amides is 1. The van der Waals surface area contributed by atoms with Gasteiger partial charge in [0.1, 0.15) is 0 Å². The number of rotatable bonds is 7. The van der Waals surface area contributed by atoms with Crippen molar-refractivity contribution in [3.8, 4) is 0 Å². The molecule has 1 heterocycles. The first-order valence-electron chi connectivity index (χ1n) is 7.04. The van der Waals surface area contributed by atoms with Gasteiger partial charge in [-0.15, -0.1) is 4.67 Å². The van der Waals surface area contributed by atoms with Gasteiger partial charge in [-0.3, -0.25) is 4.79 Å². The van der Waals surface area contributed by atoms with Crippen LogP contribution in [0.2, 0.25) is 0 Å². The van der Waals surface area contributed by atoms with Crippen molar-refractivity contribution in [3.63, 3.8) is 0 Å². The summed E-state index contributed by atoms with van der Waals surface area (Å²) in [6.07, 6.45) is -6.79. The van der Waals surface area contributed by atoms with Crippen molar-refractivity contribution < 1.29 is 44.9 Å². The molecule has 0 aliphatic carbocycles. The first-order valence-corrected chi connectivity index (χ1v) is 11.6. The molecule has 0 spiro atoms. The third-order valence-electron chi connectivity index (χ3n) is 3.37. The Morgan fingerprint density at radius 3 is 2.04 bits per heavy atom. The van der Waals surface area contributed by atoms with Crippen LogP contribution in [0.5, 0.6) is 0 Å². The lowest BCUT2D eigenvalue weighted by Crippen LogP contribution is -2.62. The van der Waals surface area contributed by atoms with Crippen LogP contribution in [0, 0.1) is 0 Å². The fourth-order valence-corrected chi connectivity index (χ4v) is 6.44. The Kier molecular flexibility index (Phi) is 8.63. The highest BCUT2D eigenvalue weighted by atomic mass is 127. The minimum Gasteiger partial charge on any atom is -0.621 e. The van der Waals surface area contributed by atoms with Gasteiger partial charge >= 0.3 is 23.9 Å². The van der Waals surface area contributed by atoms with Gasteiger partial charge in [0.15, 0.2) is 0 Å². The minimum atomic E-state index is -6.66. The van der Waals surface area contributed by atoms with Gasteiger partial charge in [0, 0.05) is 21.9 Å². The van der Waals surface area contributed by atoms with E-state index in [2.05, 4.69) is 0 Å². The summed E-state index contributed by atoms with van der Waals surface area (Å²) in [5, 5.41) is 0. The second-order valence-corrected chi connectivity index (χ2v) is 9.53. The number of hydrogen-bond acceptors (Lipinski definition) is 4. The number of halogens is 9. The molecule has 0 radical (unpaired) electrons. The summed E-state index contributed by atoms with van der Waals surface area (Å²) in [4.78, 5) is 25.0. The Balaban J connectivity index is 3.29. The zero-order chi connectivity index (χ0) is 20.4. The Labute approximate surface area is 172 Å². The normalized spacial score (nSPS) is 22.8. The van der Waals surface area contributed by atoms with Gasteiger partial charge in [0.05, 0.1) is 13.2 Å². The fourth-order valence-electron chi connectivity index (χ4n) is 2.08. The first kappa shape index (κ1) is 24.8. The molecule has 0 saturated carbocycles. The Morgan fingerprint density at radius 2 is 1.62 bits per heavy atom. The zero-order valence-corrected chi connectivity index (χ0v) is 18.1. The molecule has 1 saturated heterocycles. The number of carbonyl (C=O) groups is 1. The maximum Gasteiger partial charge on any atom is 0.460 e. The molecule has 0 aromatic carbocycles. The van der Waals surface area contributed by atoms with E-state index in [0.717, 1.165) is 4.67 Å². The lowest BCUT2D eigenvalue weighted by Gasteiger charge is -2.46. The van der Waals surface area contributed by atoms with Crippen LogP contribution >= 0.6 is 53.2 Å². The van der Waals surface area contributed by atoms with Gasteiger partial charge < -0.3 is 4.89 Å². The van der Waals surface area contributed by atoms with Gasteiger partial charge in [-0.05, 0) is 6.42 Å². The standard InChI is InChI=1S/C11H14F7I2N2O3P/c12-9(13,10(14,15)11(16,17)18)8(23)22-4-1-7-25-26(22,24)21(5-2-19)6-3-20/h1-7H2. The van der Waals surface area contributed by atoms with Crippen LogP contribution in [-0.4, -0.2) is 68.4 Å². The lowest BCUT2D eigenvalue weighted by atomic mass is 10.1. The van der Waals surface area contributed by atoms with Crippen LogP contribution in [0.4, 0.5) is 30.7 Å². The highest BCUT2D eigenvalue weighted by Crippen LogP contribution is 2.62. The smallest absolute Gasteiger partial charge is 0.460 e. The van der Waals surface area contributed by atoms with E-state index in [9.17, 15) is 40.4 Å². The molecule has 1 fully saturated rings. The Morgan fingerprint density at radius 1 is 1.12 bits per heavy atom. The van der Waals surface area contributed by atoms with Gasteiger partial charge in [0.25, 0.3) is 8.02 Å². The van der Waals surface area contributed by atoms with E-state index in [1.165, 1.54) is 0 Å². The van der Waals surface area contributed by atoms with Crippen molar-refractivity contribution in [1.29, 1.82) is 0 Å². The topological polar surface area (TPSA) is 55.8 Å².